The second kappa shape index (κ2) is 12.8. The standard InChI is InChI=1S/C30H37F2N3O3/c1-30(2,3)29(35(16-8-15-33)27(36)13-14-28(37)38-4)26-17-22(24-18-23(31)11-12-25(24)32)20-34(26)19-21-9-6-5-7-10-21/h5-7,9-12,17-18,20,29H,8,13-16,19,33H2,1-4H3. The van der Waals surface area contributed by atoms with E-state index in [0.29, 0.717) is 31.6 Å². The number of esters is 1. The Morgan fingerprint density at radius 3 is 2.39 bits per heavy atom. The second-order valence-electron chi connectivity index (χ2n) is 10.5. The number of ether oxygens (including phenoxy) is 1. The maximum absolute atomic E-state index is 14.8. The van der Waals surface area contributed by atoms with Gasteiger partial charge in [-0.2, -0.15) is 0 Å². The summed E-state index contributed by atoms with van der Waals surface area (Å²) in [6.45, 7) is 7.34. The van der Waals surface area contributed by atoms with Gasteiger partial charge in [0.1, 0.15) is 11.6 Å². The van der Waals surface area contributed by atoms with Gasteiger partial charge in [-0.25, -0.2) is 8.78 Å². The average Bonchev–Trinajstić information content (AvgIpc) is 3.28. The third-order valence-corrected chi connectivity index (χ3v) is 6.47. The summed E-state index contributed by atoms with van der Waals surface area (Å²) in [5, 5.41) is 0. The lowest BCUT2D eigenvalue weighted by atomic mass is 9.82. The molecule has 2 aromatic carbocycles. The number of aromatic nitrogens is 1. The van der Waals surface area contributed by atoms with E-state index in [1.165, 1.54) is 13.2 Å². The van der Waals surface area contributed by atoms with E-state index in [-0.39, 0.29) is 24.3 Å². The third-order valence-electron chi connectivity index (χ3n) is 6.47. The van der Waals surface area contributed by atoms with Gasteiger partial charge in [0.05, 0.1) is 19.6 Å². The molecule has 0 saturated carbocycles. The molecule has 0 saturated heterocycles. The molecule has 3 aromatic rings. The quantitative estimate of drug-likeness (QED) is 0.326. The van der Waals surface area contributed by atoms with Crippen LogP contribution in [-0.2, 0) is 20.9 Å². The third kappa shape index (κ3) is 7.28. The SMILES string of the molecule is COC(=O)CCC(=O)N(CCCN)C(c1cc(-c2cc(F)ccc2F)cn1Cc1ccccc1)C(C)(C)C. The zero-order valence-corrected chi connectivity index (χ0v) is 22.5. The normalized spacial score (nSPS) is 12.3. The summed E-state index contributed by atoms with van der Waals surface area (Å²) < 4.78 is 35.7. The summed E-state index contributed by atoms with van der Waals surface area (Å²) in [4.78, 5) is 27.1. The number of carbonyl (C=O) groups is 2. The number of rotatable bonds is 11. The number of methoxy groups -OCH3 is 1. The van der Waals surface area contributed by atoms with E-state index in [4.69, 9.17) is 10.5 Å². The molecule has 38 heavy (non-hydrogen) atoms. The predicted octanol–water partition coefficient (Wildman–Crippen LogP) is 5.70. The van der Waals surface area contributed by atoms with Gasteiger partial charge in [-0.05, 0) is 48.2 Å². The predicted molar refractivity (Wildman–Crippen MR) is 144 cm³/mol. The molecule has 1 unspecified atom stereocenters. The van der Waals surface area contributed by atoms with Gasteiger partial charge in [-0.3, -0.25) is 9.59 Å². The van der Waals surface area contributed by atoms with Crippen LogP contribution in [0.5, 0.6) is 0 Å². The summed E-state index contributed by atoms with van der Waals surface area (Å²) in [6.07, 6.45) is 2.34. The van der Waals surface area contributed by atoms with Crippen LogP contribution in [0.4, 0.5) is 8.78 Å². The van der Waals surface area contributed by atoms with E-state index < -0.39 is 29.1 Å². The van der Waals surface area contributed by atoms with Crippen LogP contribution >= 0.6 is 0 Å². The molecule has 0 bridgehead atoms. The Labute approximate surface area is 223 Å². The fraction of sp³-hybridized carbons (Fsp3) is 0.400. The van der Waals surface area contributed by atoms with Crippen molar-refractivity contribution in [3.05, 3.63) is 83.7 Å². The van der Waals surface area contributed by atoms with Crippen LogP contribution in [0.15, 0.2) is 60.8 Å². The lowest BCUT2D eigenvalue weighted by molar-refractivity contribution is -0.145. The van der Waals surface area contributed by atoms with Crippen molar-refractivity contribution in [1.82, 2.24) is 9.47 Å². The Bertz CT molecular complexity index is 1240. The van der Waals surface area contributed by atoms with Gasteiger partial charge in [0, 0.05) is 42.5 Å². The number of halogens is 2. The molecule has 1 heterocycles. The first kappa shape index (κ1) is 29.0. The largest absolute Gasteiger partial charge is 0.469 e. The number of benzene rings is 2. The molecule has 1 aromatic heterocycles. The number of hydrogen-bond acceptors (Lipinski definition) is 4. The zero-order chi connectivity index (χ0) is 27.9. The highest BCUT2D eigenvalue weighted by atomic mass is 19.1. The Hall–Kier alpha value is -3.52. The minimum absolute atomic E-state index is 0.00536. The summed E-state index contributed by atoms with van der Waals surface area (Å²) in [7, 11) is 1.29. The van der Waals surface area contributed by atoms with Gasteiger partial charge in [0.25, 0.3) is 0 Å². The fourth-order valence-electron chi connectivity index (χ4n) is 4.73. The van der Waals surface area contributed by atoms with Gasteiger partial charge >= 0.3 is 5.97 Å². The Balaban J connectivity index is 2.16. The molecule has 0 aliphatic heterocycles. The van der Waals surface area contributed by atoms with Crippen LogP contribution in [0.1, 0.15) is 57.3 Å². The molecule has 8 heteroatoms. The number of hydrogen-bond donors (Lipinski definition) is 1. The van der Waals surface area contributed by atoms with E-state index in [9.17, 15) is 18.4 Å². The summed E-state index contributed by atoms with van der Waals surface area (Å²) in [5.74, 6) is -1.72. The van der Waals surface area contributed by atoms with Crippen molar-refractivity contribution in [2.24, 2.45) is 11.1 Å². The van der Waals surface area contributed by atoms with Crippen LogP contribution < -0.4 is 5.73 Å². The molecular weight excluding hydrogens is 488 g/mol. The molecule has 6 nitrogen and oxygen atoms in total. The minimum Gasteiger partial charge on any atom is -0.469 e. The maximum atomic E-state index is 14.8. The Morgan fingerprint density at radius 2 is 1.76 bits per heavy atom. The molecule has 0 aliphatic carbocycles. The van der Waals surface area contributed by atoms with Crippen LogP contribution in [0.25, 0.3) is 11.1 Å². The van der Waals surface area contributed by atoms with Crippen molar-refractivity contribution < 1.29 is 23.1 Å². The first-order valence-corrected chi connectivity index (χ1v) is 12.8. The molecule has 204 valence electrons. The first-order valence-electron chi connectivity index (χ1n) is 12.8. The van der Waals surface area contributed by atoms with E-state index >= 15 is 0 Å². The molecule has 0 spiro atoms. The molecule has 0 aliphatic rings. The molecule has 3 rings (SSSR count). The fourth-order valence-corrected chi connectivity index (χ4v) is 4.73. The first-order chi connectivity index (χ1) is 18.0. The number of nitrogens with zero attached hydrogens (tertiary/aromatic N) is 2. The zero-order valence-electron chi connectivity index (χ0n) is 22.5. The van der Waals surface area contributed by atoms with Crippen molar-refractivity contribution in [3.8, 4) is 11.1 Å². The lowest BCUT2D eigenvalue weighted by Crippen LogP contribution is -2.43. The minimum atomic E-state index is -0.534. The van der Waals surface area contributed by atoms with Gasteiger partial charge in [0.15, 0.2) is 0 Å². The Kier molecular flexibility index (Phi) is 9.80. The molecule has 0 fully saturated rings. The average molecular weight is 526 g/mol. The van der Waals surface area contributed by atoms with E-state index in [1.807, 2.05) is 61.7 Å². The molecule has 0 radical (unpaired) electrons. The van der Waals surface area contributed by atoms with E-state index in [2.05, 4.69) is 0 Å². The van der Waals surface area contributed by atoms with Crippen molar-refractivity contribution in [3.63, 3.8) is 0 Å². The molecular formula is C30H37F2N3O3. The van der Waals surface area contributed by atoms with E-state index in [1.54, 1.807) is 11.1 Å². The second-order valence-corrected chi connectivity index (χ2v) is 10.5. The highest BCUT2D eigenvalue weighted by Gasteiger charge is 2.37. The highest BCUT2D eigenvalue weighted by molar-refractivity contribution is 5.82. The van der Waals surface area contributed by atoms with Crippen LogP contribution in [-0.4, -0.2) is 41.5 Å². The van der Waals surface area contributed by atoms with E-state index in [0.717, 1.165) is 23.4 Å². The highest BCUT2D eigenvalue weighted by Crippen LogP contribution is 2.41. The van der Waals surface area contributed by atoms with Gasteiger partial charge in [-0.1, -0.05) is 51.1 Å². The monoisotopic (exact) mass is 525 g/mol. The number of amides is 1. The maximum Gasteiger partial charge on any atom is 0.306 e. The van der Waals surface area contributed by atoms with Crippen molar-refractivity contribution in [1.29, 1.82) is 0 Å². The number of nitrogens with two attached hydrogens (primary N) is 1. The molecule has 1 atom stereocenters. The van der Waals surface area contributed by atoms with Gasteiger partial charge in [-0.15, -0.1) is 0 Å². The van der Waals surface area contributed by atoms with Crippen molar-refractivity contribution >= 4 is 11.9 Å². The summed E-state index contributed by atoms with van der Waals surface area (Å²) in [5.41, 5.74) is 7.84. The van der Waals surface area contributed by atoms with Crippen LogP contribution in [0.3, 0.4) is 0 Å². The summed E-state index contributed by atoms with van der Waals surface area (Å²) >= 11 is 0. The lowest BCUT2D eigenvalue weighted by Gasteiger charge is -2.41. The van der Waals surface area contributed by atoms with Gasteiger partial charge in [0.2, 0.25) is 5.91 Å². The van der Waals surface area contributed by atoms with Crippen molar-refractivity contribution in [2.45, 2.75) is 52.6 Å². The smallest absolute Gasteiger partial charge is 0.306 e. The van der Waals surface area contributed by atoms with Crippen molar-refractivity contribution in [2.75, 3.05) is 20.2 Å². The topological polar surface area (TPSA) is 77.6 Å². The summed E-state index contributed by atoms with van der Waals surface area (Å²) in [6, 6.07) is 14.6. The Morgan fingerprint density at radius 1 is 1.05 bits per heavy atom. The molecule has 1 amide bonds. The van der Waals surface area contributed by atoms with Crippen LogP contribution in [0.2, 0.25) is 0 Å². The van der Waals surface area contributed by atoms with Crippen LogP contribution in [0, 0.1) is 17.0 Å². The van der Waals surface area contributed by atoms with Gasteiger partial charge < -0.3 is 19.9 Å². The number of carbonyl (C=O) groups excluding carboxylic acids is 2. The molecule has 2 N–H and O–H groups in total.